The Morgan fingerprint density at radius 2 is 2.04 bits per heavy atom. The van der Waals surface area contributed by atoms with Crippen LogP contribution in [0.25, 0.3) is 11.3 Å². The second kappa shape index (κ2) is 9.83. The van der Waals surface area contributed by atoms with Gasteiger partial charge in [0.15, 0.2) is 5.96 Å². The van der Waals surface area contributed by atoms with Gasteiger partial charge in [-0.15, -0.1) is 11.3 Å². The molecule has 0 aliphatic carbocycles. The SMILES string of the molecule is CCc1cnc(CCNC(=NC)NCc2cccc(-c3ccccn3)c2)s1. The largest absolute Gasteiger partial charge is 0.356 e. The van der Waals surface area contributed by atoms with E-state index in [9.17, 15) is 0 Å². The van der Waals surface area contributed by atoms with Crippen LogP contribution >= 0.6 is 11.3 Å². The highest BCUT2D eigenvalue weighted by Gasteiger charge is 2.04. The van der Waals surface area contributed by atoms with Crippen molar-refractivity contribution in [1.82, 2.24) is 20.6 Å². The maximum Gasteiger partial charge on any atom is 0.191 e. The average molecular weight is 380 g/mol. The molecule has 140 valence electrons. The molecule has 0 saturated carbocycles. The summed E-state index contributed by atoms with van der Waals surface area (Å²) in [6.45, 7) is 3.67. The van der Waals surface area contributed by atoms with E-state index in [0.717, 1.165) is 41.6 Å². The van der Waals surface area contributed by atoms with Gasteiger partial charge in [-0.05, 0) is 30.2 Å². The zero-order valence-corrected chi connectivity index (χ0v) is 16.6. The summed E-state index contributed by atoms with van der Waals surface area (Å²) in [6.07, 6.45) is 5.74. The van der Waals surface area contributed by atoms with Crippen molar-refractivity contribution in [2.24, 2.45) is 4.99 Å². The lowest BCUT2D eigenvalue weighted by atomic mass is 10.1. The van der Waals surface area contributed by atoms with Crippen LogP contribution in [0.15, 0.2) is 59.9 Å². The van der Waals surface area contributed by atoms with Gasteiger partial charge in [0.05, 0.1) is 10.7 Å². The molecule has 0 bridgehead atoms. The van der Waals surface area contributed by atoms with E-state index < -0.39 is 0 Å². The van der Waals surface area contributed by atoms with Gasteiger partial charge in [0.25, 0.3) is 0 Å². The number of pyridine rings is 1. The van der Waals surface area contributed by atoms with E-state index in [1.54, 1.807) is 18.4 Å². The minimum absolute atomic E-state index is 0.706. The van der Waals surface area contributed by atoms with Crippen LogP contribution in [0.3, 0.4) is 0 Å². The molecule has 2 heterocycles. The van der Waals surface area contributed by atoms with Gasteiger partial charge in [0.2, 0.25) is 0 Å². The quantitative estimate of drug-likeness (QED) is 0.486. The topological polar surface area (TPSA) is 62.2 Å². The Labute approximate surface area is 164 Å². The molecule has 0 atom stereocenters. The zero-order valence-electron chi connectivity index (χ0n) is 15.8. The van der Waals surface area contributed by atoms with Crippen molar-refractivity contribution in [1.29, 1.82) is 0 Å². The molecule has 0 unspecified atom stereocenters. The lowest BCUT2D eigenvalue weighted by molar-refractivity contribution is 0.792. The molecule has 3 aromatic rings. The van der Waals surface area contributed by atoms with E-state index in [4.69, 9.17) is 0 Å². The predicted molar refractivity (Wildman–Crippen MR) is 113 cm³/mol. The molecule has 6 heteroatoms. The lowest BCUT2D eigenvalue weighted by Gasteiger charge is -2.12. The lowest BCUT2D eigenvalue weighted by Crippen LogP contribution is -2.37. The number of nitrogens with one attached hydrogen (secondary N) is 2. The second-order valence-electron chi connectivity index (χ2n) is 6.09. The molecule has 0 spiro atoms. The predicted octanol–water partition coefficient (Wildman–Crippen LogP) is 3.68. The van der Waals surface area contributed by atoms with Crippen molar-refractivity contribution in [2.45, 2.75) is 26.3 Å². The fourth-order valence-electron chi connectivity index (χ4n) is 2.70. The van der Waals surface area contributed by atoms with Crippen LogP contribution in [-0.2, 0) is 19.4 Å². The summed E-state index contributed by atoms with van der Waals surface area (Å²) in [5.41, 5.74) is 3.29. The van der Waals surface area contributed by atoms with E-state index in [0.29, 0.717) is 6.54 Å². The molecule has 0 saturated heterocycles. The van der Waals surface area contributed by atoms with Crippen molar-refractivity contribution >= 4 is 17.3 Å². The zero-order chi connectivity index (χ0) is 18.9. The van der Waals surface area contributed by atoms with Gasteiger partial charge in [0, 0.05) is 49.4 Å². The number of thiazole rings is 1. The van der Waals surface area contributed by atoms with Crippen LogP contribution in [0.2, 0.25) is 0 Å². The Morgan fingerprint density at radius 1 is 1.11 bits per heavy atom. The van der Waals surface area contributed by atoms with E-state index in [-0.39, 0.29) is 0 Å². The monoisotopic (exact) mass is 379 g/mol. The summed E-state index contributed by atoms with van der Waals surface area (Å²) in [5.74, 6) is 0.797. The van der Waals surface area contributed by atoms with Gasteiger partial charge in [-0.1, -0.05) is 31.2 Å². The Kier molecular flexibility index (Phi) is 6.93. The van der Waals surface area contributed by atoms with E-state index in [2.05, 4.69) is 56.8 Å². The number of aryl methyl sites for hydroxylation is 1. The molecule has 2 N–H and O–H groups in total. The first kappa shape index (κ1) is 19.0. The highest BCUT2D eigenvalue weighted by atomic mass is 32.1. The van der Waals surface area contributed by atoms with Crippen LogP contribution in [0.5, 0.6) is 0 Å². The maximum atomic E-state index is 4.45. The average Bonchev–Trinajstić information content (AvgIpc) is 3.19. The van der Waals surface area contributed by atoms with Gasteiger partial charge in [-0.2, -0.15) is 0 Å². The fourth-order valence-corrected chi connectivity index (χ4v) is 3.56. The van der Waals surface area contributed by atoms with E-state index in [1.165, 1.54) is 10.4 Å². The van der Waals surface area contributed by atoms with Gasteiger partial charge in [-0.25, -0.2) is 4.98 Å². The van der Waals surface area contributed by atoms with Crippen molar-refractivity contribution in [2.75, 3.05) is 13.6 Å². The number of hydrogen-bond donors (Lipinski definition) is 2. The number of nitrogens with zero attached hydrogens (tertiary/aromatic N) is 3. The molecular weight excluding hydrogens is 354 g/mol. The Hall–Kier alpha value is -2.73. The van der Waals surface area contributed by atoms with Crippen LogP contribution < -0.4 is 10.6 Å². The molecule has 0 fully saturated rings. The minimum Gasteiger partial charge on any atom is -0.356 e. The normalized spacial score (nSPS) is 11.4. The van der Waals surface area contributed by atoms with E-state index in [1.807, 2.05) is 30.6 Å². The summed E-state index contributed by atoms with van der Waals surface area (Å²) in [6, 6.07) is 14.4. The Morgan fingerprint density at radius 3 is 2.78 bits per heavy atom. The molecule has 2 aromatic heterocycles. The van der Waals surface area contributed by atoms with Crippen molar-refractivity contribution in [3.8, 4) is 11.3 Å². The Balaban J connectivity index is 1.50. The smallest absolute Gasteiger partial charge is 0.191 e. The molecule has 5 nitrogen and oxygen atoms in total. The molecule has 1 aromatic carbocycles. The van der Waals surface area contributed by atoms with Gasteiger partial charge in [0.1, 0.15) is 0 Å². The standard InChI is InChI=1S/C21H25N5S/c1-3-18-15-25-20(27-18)10-12-24-21(22-2)26-14-16-7-6-8-17(13-16)19-9-4-5-11-23-19/h4-9,11,13,15H,3,10,12,14H2,1-2H3,(H2,22,24,26). The number of aliphatic imine (C=N–C) groups is 1. The molecule has 27 heavy (non-hydrogen) atoms. The first-order valence-electron chi connectivity index (χ1n) is 9.17. The van der Waals surface area contributed by atoms with Crippen LogP contribution in [0, 0.1) is 0 Å². The molecule has 0 radical (unpaired) electrons. The van der Waals surface area contributed by atoms with Gasteiger partial charge < -0.3 is 10.6 Å². The molecule has 3 rings (SSSR count). The third kappa shape index (κ3) is 5.62. The van der Waals surface area contributed by atoms with Crippen molar-refractivity contribution < 1.29 is 0 Å². The Bertz CT molecular complexity index is 873. The van der Waals surface area contributed by atoms with Crippen LogP contribution in [0.4, 0.5) is 0 Å². The summed E-state index contributed by atoms with van der Waals surface area (Å²) in [7, 11) is 1.79. The molecule has 0 aliphatic rings. The fraction of sp³-hybridized carbons (Fsp3) is 0.286. The third-order valence-electron chi connectivity index (χ3n) is 4.15. The highest BCUT2D eigenvalue weighted by Crippen LogP contribution is 2.17. The minimum atomic E-state index is 0.706. The summed E-state index contributed by atoms with van der Waals surface area (Å²) in [5, 5.41) is 7.89. The second-order valence-corrected chi connectivity index (χ2v) is 7.29. The van der Waals surface area contributed by atoms with Crippen molar-refractivity contribution in [3.63, 3.8) is 0 Å². The highest BCUT2D eigenvalue weighted by molar-refractivity contribution is 7.11. The van der Waals surface area contributed by atoms with Gasteiger partial charge >= 0.3 is 0 Å². The third-order valence-corrected chi connectivity index (χ3v) is 5.35. The number of benzene rings is 1. The molecule has 0 amide bonds. The van der Waals surface area contributed by atoms with Crippen LogP contribution in [-0.4, -0.2) is 29.5 Å². The molecular formula is C21H25N5S. The number of aromatic nitrogens is 2. The summed E-state index contributed by atoms with van der Waals surface area (Å²) in [4.78, 5) is 14.5. The number of guanidine groups is 1. The molecule has 0 aliphatic heterocycles. The van der Waals surface area contributed by atoms with Crippen molar-refractivity contribution in [3.05, 3.63) is 70.3 Å². The summed E-state index contributed by atoms with van der Waals surface area (Å²) >= 11 is 1.78. The number of hydrogen-bond acceptors (Lipinski definition) is 4. The van der Waals surface area contributed by atoms with E-state index >= 15 is 0 Å². The van der Waals surface area contributed by atoms with Gasteiger partial charge in [-0.3, -0.25) is 9.98 Å². The number of rotatable bonds is 7. The maximum absolute atomic E-state index is 4.45. The first-order valence-corrected chi connectivity index (χ1v) is 9.98. The first-order chi connectivity index (χ1) is 13.3. The van der Waals surface area contributed by atoms with Crippen LogP contribution in [0.1, 0.15) is 22.4 Å². The summed E-state index contributed by atoms with van der Waals surface area (Å²) < 4.78 is 0.